The van der Waals surface area contributed by atoms with Crippen LogP contribution in [0.5, 0.6) is 0 Å². The zero-order valence-electron chi connectivity index (χ0n) is 16.4. The van der Waals surface area contributed by atoms with Crippen LogP contribution in [0.3, 0.4) is 0 Å². The lowest BCUT2D eigenvalue weighted by molar-refractivity contribution is -0.124. The highest BCUT2D eigenvalue weighted by molar-refractivity contribution is 7.20. The number of piperidine rings is 1. The van der Waals surface area contributed by atoms with Crippen LogP contribution in [0.4, 0.5) is 16.2 Å². The van der Waals surface area contributed by atoms with Gasteiger partial charge in [-0.15, -0.1) is 22.7 Å². The number of carbonyl (C=O) groups is 3. The third-order valence-electron chi connectivity index (χ3n) is 5.59. The quantitative estimate of drug-likeness (QED) is 0.526. The number of benzene rings is 1. The average Bonchev–Trinajstić information content (AvgIpc) is 3.50. The fraction of sp³-hybridized carbons (Fsp3) is 0.238. The lowest BCUT2D eigenvalue weighted by Crippen LogP contribution is -2.55. The van der Waals surface area contributed by atoms with Crippen molar-refractivity contribution in [1.29, 1.82) is 0 Å². The van der Waals surface area contributed by atoms with E-state index in [0.717, 1.165) is 15.6 Å². The van der Waals surface area contributed by atoms with Crippen molar-refractivity contribution < 1.29 is 14.4 Å². The van der Waals surface area contributed by atoms with Gasteiger partial charge in [-0.05, 0) is 36.4 Å². The molecule has 2 aliphatic heterocycles. The van der Waals surface area contributed by atoms with Crippen molar-refractivity contribution in [2.24, 2.45) is 0 Å². The van der Waals surface area contributed by atoms with E-state index in [9.17, 15) is 14.4 Å². The van der Waals surface area contributed by atoms with Gasteiger partial charge < -0.3 is 15.5 Å². The summed E-state index contributed by atoms with van der Waals surface area (Å²) < 4.78 is 0. The molecule has 5 rings (SSSR count). The first-order valence-corrected chi connectivity index (χ1v) is 11.6. The zero-order valence-corrected chi connectivity index (χ0v) is 18.0. The molecule has 3 N–H and O–H groups in total. The third-order valence-corrected chi connectivity index (χ3v) is 7.47. The first kappa shape index (κ1) is 19.7. The zero-order chi connectivity index (χ0) is 21.4. The van der Waals surface area contributed by atoms with Gasteiger partial charge >= 0.3 is 6.03 Å². The van der Waals surface area contributed by atoms with Crippen LogP contribution < -0.4 is 20.9 Å². The highest BCUT2D eigenvalue weighted by Gasteiger charge is 2.48. The van der Waals surface area contributed by atoms with Gasteiger partial charge in [-0.3, -0.25) is 14.9 Å². The van der Waals surface area contributed by atoms with Crippen LogP contribution in [0.25, 0.3) is 9.88 Å². The maximum absolute atomic E-state index is 12.8. The van der Waals surface area contributed by atoms with Crippen molar-refractivity contribution in [3.63, 3.8) is 0 Å². The molecule has 10 heteroatoms. The molecule has 0 bridgehead atoms. The van der Waals surface area contributed by atoms with Gasteiger partial charge in [0.15, 0.2) is 0 Å². The number of amides is 4. The molecule has 4 amide bonds. The van der Waals surface area contributed by atoms with Crippen molar-refractivity contribution in [2.75, 3.05) is 23.3 Å². The van der Waals surface area contributed by atoms with E-state index in [4.69, 9.17) is 0 Å². The number of hydrogen-bond acceptors (Lipinski definition) is 7. The number of imide groups is 1. The number of rotatable bonds is 4. The molecule has 2 aromatic heterocycles. The highest BCUT2D eigenvalue weighted by Crippen LogP contribution is 2.33. The van der Waals surface area contributed by atoms with Crippen molar-refractivity contribution >= 4 is 51.9 Å². The van der Waals surface area contributed by atoms with Gasteiger partial charge in [-0.1, -0.05) is 18.2 Å². The summed E-state index contributed by atoms with van der Waals surface area (Å²) in [7, 11) is 0. The molecule has 2 fully saturated rings. The van der Waals surface area contributed by atoms with E-state index >= 15 is 0 Å². The molecule has 0 aliphatic carbocycles. The predicted molar refractivity (Wildman–Crippen MR) is 121 cm³/mol. The molecular weight excluding hydrogens is 434 g/mol. The minimum absolute atomic E-state index is 0.260. The van der Waals surface area contributed by atoms with Crippen LogP contribution >= 0.6 is 22.7 Å². The smallest absolute Gasteiger partial charge is 0.322 e. The van der Waals surface area contributed by atoms with Gasteiger partial charge in [0.05, 0.1) is 16.3 Å². The Hall–Kier alpha value is -3.24. The molecular formula is C21H19N5O3S2. The molecule has 2 aliphatic rings. The maximum Gasteiger partial charge on any atom is 0.322 e. The van der Waals surface area contributed by atoms with E-state index in [1.165, 1.54) is 11.3 Å². The Bertz CT molecular complexity index is 1150. The maximum atomic E-state index is 12.8. The van der Waals surface area contributed by atoms with E-state index < -0.39 is 11.6 Å². The van der Waals surface area contributed by atoms with Gasteiger partial charge in [0.25, 0.3) is 11.8 Å². The van der Waals surface area contributed by atoms with Crippen LogP contribution in [0, 0.1) is 0 Å². The molecule has 2 saturated heterocycles. The summed E-state index contributed by atoms with van der Waals surface area (Å²) in [6, 6.07) is 11.1. The second-order valence-corrected chi connectivity index (χ2v) is 9.27. The first-order valence-electron chi connectivity index (χ1n) is 9.82. The number of para-hydroxylation sites is 2. The van der Waals surface area contributed by atoms with Gasteiger partial charge in [-0.2, -0.15) is 0 Å². The molecule has 0 atom stereocenters. The van der Waals surface area contributed by atoms with E-state index in [1.54, 1.807) is 16.7 Å². The van der Waals surface area contributed by atoms with E-state index in [0.29, 0.717) is 37.3 Å². The first-order chi connectivity index (χ1) is 15.0. The second kappa shape index (κ2) is 7.78. The van der Waals surface area contributed by atoms with Crippen molar-refractivity contribution in [1.82, 2.24) is 15.6 Å². The topological polar surface area (TPSA) is 103 Å². The fourth-order valence-electron chi connectivity index (χ4n) is 3.94. The number of carbonyl (C=O) groups excluding carboxylic acids is 3. The monoisotopic (exact) mass is 453 g/mol. The number of hydrogen-bond donors (Lipinski definition) is 3. The van der Waals surface area contributed by atoms with Crippen molar-refractivity contribution in [3.05, 3.63) is 52.9 Å². The molecule has 31 heavy (non-hydrogen) atoms. The minimum atomic E-state index is -0.829. The number of nitrogens with one attached hydrogen (secondary N) is 3. The normalized spacial score (nSPS) is 17.5. The largest absolute Gasteiger partial charge is 0.370 e. The van der Waals surface area contributed by atoms with Gasteiger partial charge in [0.2, 0.25) is 0 Å². The van der Waals surface area contributed by atoms with Gasteiger partial charge in [0, 0.05) is 18.5 Å². The number of thiazole rings is 1. The Balaban J connectivity index is 1.31. The van der Waals surface area contributed by atoms with Crippen LogP contribution in [0.2, 0.25) is 0 Å². The van der Waals surface area contributed by atoms with Gasteiger partial charge in [0.1, 0.15) is 16.2 Å². The summed E-state index contributed by atoms with van der Waals surface area (Å²) in [5, 5.41) is 12.6. The Kier molecular flexibility index (Phi) is 4.95. The number of aromatic nitrogens is 1. The molecule has 0 radical (unpaired) electrons. The summed E-state index contributed by atoms with van der Waals surface area (Å²) in [4.78, 5) is 44.2. The number of urea groups is 1. The van der Waals surface area contributed by atoms with Crippen LogP contribution in [0.1, 0.15) is 23.3 Å². The Morgan fingerprint density at radius 3 is 2.61 bits per heavy atom. The fourth-order valence-corrected chi connectivity index (χ4v) is 5.56. The summed E-state index contributed by atoms with van der Waals surface area (Å²) >= 11 is 3.03. The average molecular weight is 454 g/mol. The predicted octanol–water partition coefficient (Wildman–Crippen LogP) is 3.30. The van der Waals surface area contributed by atoms with Crippen molar-refractivity contribution in [3.8, 4) is 9.88 Å². The third kappa shape index (κ3) is 3.68. The summed E-state index contributed by atoms with van der Waals surface area (Å²) in [6.45, 7) is 1.17. The van der Waals surface area contributed by atoms with Crippen molar-refractivity contribution in [2.45, 2.75) is 18.4 Å². The highest BCUT2D eigenvalue weighted by atomic mass is 32.1. The lowest BCUT2D eigenvalue weighted by Gasteiger charge is -2.38. The lowest BCUT2D eigenvalue weighted by atomic mass is 9.87. The molecule has 1 spiro atoms. The van der Waals surface area contributed by atoms with E-state index in [-0.39, 0.29) is 11.8 Å². The molecule has 1 aromatic carbocycles. The Morgan fingerprint density at radius 2 is 1.90 bits per heavy atom. The SMILES string of the molecule is O=C1NC(=O)C2(CCN(c3ccccc3NC(=O)c3csc(-c4cccs4)n3)CC2)N1. The summed E-state index contributed by atoms with van der Waals surface area (Å²) in [5.41, 5.74) is 1.12. The van der Waals surface area contributed by atoms with E-state index in [1.807, 2.05) is 41.8 Å². The standard InChI is InChI=1S/C21H19N5O3S2/c27-17(14-12-31-18(23-14)16-6-3-11-30-16)22-13-4-1-2-5-15(13)26-9-7-21(8-10-26)19(28)24-20(29)25-21/h1-6,11-12H,7-10H2,(H,22,27)(H2,24,25,28,29). The Labute approximate surface area is 186 Å². The molecule has 0 unspecified atom stereocenters. The summed E-state index contributed by atoms with van der Waals surface area (Å²) in [5.74, 6) is -0.522. The van der Waals surface area contributed by atoms with Crippen LogP contribution in [-0.4, -0.2) is 41.5 Å². The number of anilines is 2. The molecule has 4 heterocycles. The molecule has 0 saturated carbocycles. The molecule has 3 aromatic rings. The molecule has 8 nitrogen and oxygen atoms in total. The second-order valence-electron chi connectivity index (χ2n) is 7.46. The number of thiophene rings is 1. The number of nitrogens with zero attached hydrogens (tertiary/aromatic N) is 2. The molecule has 158 valence electrons. The van der Waals surface area contributed by atoms with Crippen LogP contribution in [-0.2, 0) is 4.79 Å². The minimum Gasteiger partial charge on any atom is -0.370 e. The van der Waals surface area contributed by atoms with E-state index in [2.05, 4.69) is 25.8 Å². The Morgan fingerprint density at radius 1 is 1.10 bits per heavy atom. The van der Waals surface area contributed by atoms with Gasteiger partial charge in [-0.25, -0.2) is 9.78 Å². The van der Waals surface area contributed by atoms with Crippen LogP contribution in [0.15, 0.2) is 47.2 Å². The summed E-state index contributed by atoms with van der Waals surface area (Å²) in [6.07, 6.45) is 1.01.